The molecule has 0 aliphatic heterocycles. The zero-order valence-electron chi connectivity index (χ0n) is 11.3. The number of methoxy groups -OCH3 is 3. The van der Waals surface area contributed by atoms with Crippen molar-refractivity contribution in [2.45, 2.75) is 0 Å². The summed E-state index contributed by atoms with van der Waals surface area (Å²) >= 11 is 3.45. The van der Waals surface area contributed by atoms with Crippen LogP contribution in [0.4, 0.5) is 5.95 Å². The third kappa shape index (κ3) is 2.62. The lowest BCUT2D eigenvalue weighted by molar-refractivity contribution is 0.390. The average Bonchev–Trinajstić information content (AvgIpc) is 2.46. The van der Waals surface area contributed by atoms with Crippen molar-refractivity contribution in [3.63, 3.8) is 0 Å². The predicted molar refractivity (Wildman–Crippen MR) is 79.2 cm³/mol. The molecule has 0 saturated heterocycles. The lowest BCUT2D eigenvalue weighted by atomic mass is 10.1. The molecule has 0 amide bonds. The van der Waals surface area contributed by atoms with Crippen LogP contribution < -0.4 is 19.9 Å². The van der Waals surface area contributed by atoms with Crippen LogP contribution in [-0.2, 0) is 0 Å². The molecule has 0 atom stereocenters. The second-order valence-corrected chi connectivity index (χ2v) is 4.61. The highest BCUT2D eigenvalue weighted by atomic mass is 79.9. The van der Waals surface area contributed by atoms with E-state index in [4.69, 9.17) is 19.9 Å². The summed E-state index contributed by atoms with van der Waals surface area (Å²) in [4.78, 5) is 8.16. The number of ether oxygens (including phenoxy) is 3. The molecule has 2 rings (SSSR count). The van der Waals surface area contributed by atoms with Gasteiger partial charge in [0.25, 0.3) is 0 Å². The number of nitrogen functional groups attached to an aromatic ring is 1. The lowest BCUT2D eigenvalue weighted by Crippen LogP contribution is -2.00. The molecule has 7 heteroatoms. The summed E-state index contributed by atoms with van der Waals surface area (Å²) in [6, 6.07) is 5.34. The molecule has 2 aromatic rings. The van der Waals surface area contributed by atoms with Gasteiger partial charge in [-0.05, 0) is 28.1 Å². The second-order valence-electron chi connectivity index (χ2n) is 3.82. The van der Waals surface area contributed by atoms with E-state index in [1.807, 2.05) is 12.1 Å². The van der Waals surface area contributed by atoms with Crippen LogP contribution in [0.25, 0.3) is 11.3 Å². The Morgan fingerprint density at radius 3 is 2.40 bits per heavy atom. The van der Waals surface area contributed by atoms with Gasteiger partial charge in [-0.2, -0.15) is 4.98 Å². The molecule has 0 fully saturated rings. The topological polar surface area (TPSA) is 79.5 Å². The van der Waals surface area contributed by atoms with E-state index in [0.29, 0.717) is 27.5 Å². The molecule has 2 N–H and O–H groups in total. The third-order valence-electron chi connectivity index (χ3n) is 2.69. The highest BCUT2D eigenvalue weighted by Gasteiger charge is 2.16. The summed E-state index contributed by atoms with van der Waals surface area (Å²) in [6.45, 7) is 0. The van der Waals surface area contributed by atoms with Gasteiger partial charge < -0.3 is 19.9 Å². The van der Waals surface area contributed by atoms with Gasteiger partial charge in [-0.1, -0.05) is 0 Å². The molecule has 1 aromatic carbocycles. The van der Waals surface area contributed by atoms with E-state index < -0.39 is 0 Å². The molecular formula is C13H14BrN3O3. The van der Waals surface area contributed by atoms with Crippen LogP contribution in [0.5, 0.6) is 17.4 Å². The van der Waals surface area contributed by atoms with Crippen molar-refractivity contribution in [3.05, 3.63) is 22.7 Å². The molecule has 1 heterocycles. The van der Waals surface area contributed by atoms with Crippen LogP contribution in [0.1, 0.15) is 0 Å². The first-order chi connectivity index (χ1) is 9.60. The Balaban J connectivity index is 2.63. The summed E-state index contributed by atoms with van der Waals surface area (Å²) in [7, 11) is 4.68. The van der Waals surface area contributed by atoms with Gasteiger partial charge in [0.05, 0.1) is 27.0 Å². The van der Waals surface area contributed by atoms with Crippen molar-refractivity contribution in [3.8, 4) is 28.6 Å². The van der Waals surface area contributed by atoms with Gasteiger partial charge in [0.2, 0.25) is 11.8 Å². The SMILES string of the molecule is COc1cc(-c2ccc(OC)c(Br)c2OC)nc(N)n1. The molecule has 0 bridgehead atoms. The number of nitrogens with two attached hydrogens (primary N) is 1. The van der Waals surface area contributed by atoms with Gasteiger partial charge in [0.1, 0.15) is 16.0 Å². The number of hydrogen-bond donors (Lipinski definition) is 1. The fourth-order valence-corrected chi connectivity index (χ4v) is 2.45. The van der Waals surface area contributed by atoms with Crippen molar-refractivity contribution in [1.29, 1.82) is 0 Å². The zero-order chi connectivity index (χ0) is 14.7. The van der Waals surface area contributed by atoms with Crippen LogP contribution in [0.3, 0.4) is 0 Å². The van der Waals surface area contributed by atoms with Gasteiger partial charge in [0, 0.05) is 11.6 Å². The largest absolute Gasteiger partial charge is 0.495 e. The standard InChI is InChI=1S/C13H14BrN3O3/c1-18-9-5-4-7(12(20-3)11(9)14)8-6-10(19-2)17-13(15)16-8/h4-6H,1-3H3,(H2,15,16,17). The maximum absolute atomic E-state index is 5.68. The number of rotatable bonds is 4. The summed E-state index contributed by atoms with van der Waals surface area (Å²) in [5.41, 5.74) is 7.04. The minimum absolute atomic E-state index is 0.133. The van der Waals surface area contributed by atoms with Gasteiger partial charge in [-0.25, -0.2) is 4.98 Å². The molecule has 106 valence electrons. The van der Waals surface area contributed by atoms with Crippen molar-refractivity contribution in [2.75, 3.05) is 27.1 Å². The van der Waals surface area contributed by atoms with E-state index in [-0.39, 0.29) is 5.95 Å². The molecule has 0 spiro atoms. The monoisotopic (exact) mass is 339 g/mol. The molecular weight excluding hydrogens is 326 g/mol. The summed E-state index contributed by atoms with van der Waals surface area (Å²) < 4.78 is 16.5. The first-order valence-electron chi connectivity index (χ1n) is 5.70. The predicted octanol–water partition coefficient (Wildman–Crippen LogP) is 2.51. The first kappa shape index (κ1) is 14.4. The van der Waals surface area contributed by atoms with Crippen LogP contribution in [0, 0.1) is 0 Å². The van der Waals surface area contributed by atoms with Crippen molar-refractivity contribution in [2.24, 2.45) is 0 Å². The van der Waals surface area contributed by atoms with E-state index in [1.165, 1.54) is 7.11 Å². The summed E-state index contributed by atoms with van der Waals surface area (Å²) in [5.74, 6) is 1.79. The zero-order valence-corrected chi connectivity index (χ0v) is 12.9. The number of hydrogen-bond acceptors (Lipinski definition) is 6. The molecule has 0 unspecified atom stereocenters. The Labute approximate surface area is 125 Å². The summed E-state index contributed by atoms with van der Waals surface area (Å²) in [6.07, 6.45) is 0. The normalized spacial score (nSPS) is 10.2. The van der Waals surface area contributed by atoms with Crippen LogP contribution in [0.15, 0.2) is 22.7 Å². The first-order valence-corrected chi connectivity index (χ1v) is 6.49. The van der Waals surface area contributed by atoms with E-state index in [9.17, 15) is 0 Å². The van der Waals surface area contributed by atoms with Gasteiger partial charge in [0.15, 0.2) is 0 Å². The fourth-order valence-electron chi connectivity index (χ4n) is 1.78. The highest BCUT2D eigenvalue weighted by Crippen LogP contribution is 2.41. The smallest absolute Gasteiger partial charge is 0.223 e. The Morgan fingerprint density at radius 2 is 1.80 bits per heavy atom. The lowest BCUT2D eigenvalue weighted by Gasteiger charge is -2.13. The summed E-state index contributed by atoms with van der Waals surface area (Å²) in [5, 5.41) is 0. The van der Waals surface area contributed by atoms with Gasteiger partial charge >= 0.3 is 0 Å². The third-order valence-corrected chi connectivity index (χ3v) is 3.44. The number of halogens is 1. The van der Waals surface area contributed by atoms with Gasteiger partial charge in [-0.15, -0.1) is 0 Å². The van der Waals surface area contributed by atoms with E-state index in [1.54, 1.807) is 20.3 Å². The average molecular weight is 340 g/mol. The minimum atomic E-state index is 0.133. The number of nitrogens with zero attached hydrogens (tertiary/aromatic N) is 2. The van der Waals surface area contributed by atoms with Gasteiger partial charge in [-0.3, -0.25) is 0 Å². The fraction of sp³-hybridized carbons (Fsp3) is 0.231. The molecule has 0 saturated carbocycles. The van der Waals surface area contributed by atoms with E-state index >= 15 is 0 Å². The maximum atomic E-state index is 5.68. The molecule has 0 aliphatic carbocycles. The number of anilines is 1. The van der Waals surface area contributed by atoms with E-state index in [2.05, 4.69) is 25.9 Å². The van der Waals surface area contributed by atoms with Crippen molar-refractivity contribution in [1.82, 2.24) is 9.97 Å². The molecule has 0 radical (unpaired) electrons. The Kier molecular flexibility index (Phi) is 4.29. The van der Waals surface area contributed by atoms with E-state index in [0.717, 1.165) is 5.56 Å². The van der Waals surface area contributed by atoms with Crippen LogP contribution >= 0.6 is 15.9 Å². The Bertz CT molecular complexity index is 634. The molecule has 20 heavy (non-hydrogen) atoms. The quantitative estimate of drug-likeness (QED) is 0.921. The van der Waals surface area contributed by atoms with Crippen molar-refractivity contribution < 1.29 is 14.2 Å². The van der Waals surface area contributed by atoms with Crippen LogP contribution in [-0.4, -0.2) is 31.3 Å². The van der Waals surface area contributed by atoms with Crippen LogP contribution in [0.2, 0.25) is 0 Å². The highest BCUT2D eigenvalue weighted by molar-refractivity contribution is 9.10. The maximum Gasteiger partial charge on any atom is 0.223 e. The number of aromatic nitrogens is 2. The number of benzene rings is 1. The second kappa shape index (κ2) is 5.96. The minimum Gasteiger partial charge on any atom is -0.495 e. The molecule has 1 aromatic heterocycles. The Hall–Kier alpha value is -2.02. The molecule has 0 aliphatic rings. The Morgan fingerprint density at radius 1 is 1.05 bits per heavy atom. The molecule has 6 nitrogen and oxygen atoms in total. The van der Waals surface area contributed by atoms with Crippen molar-refractivity contribution >= 4 is 21.9 Å².